The number of amides is 4. The normalized spacial score (nSPS) is 20.2. The Morgan fingerprint density at radius 2 is 1.48 bits per heavy atom. The van der Waals surface area contributed by atoms with Crippen LogP contribution >= 0.6 is 0 Å². The maximum atomic E-state index is 12.9. The monoisotopic (exact) mass is 420 g/mol. The maximum Gasteiger partial charge on any atom is 0.321 e. The van der Waals surface area contributed by atoms with Crippen molar-refractivity contribution in [1.82, 2.24) is 9.80 Å². The van der Waals surface area contributed by atoms with E-state index in [2.05, 4.69) is 17.6 Å². The van der Waals surface area contributed by atoms with Gasteiger partial charge >= 0.3 is 6.03 Å². The Morgan fingerprint density at radius 1 is 0.871 bits per heavy atom. The predicted molar refractivity (Wildman–Crippen MR) is 120 cm³/mol. The van der Waals surface area contributed by atoms with Crippen LogP contribution in [-0.4, -0.2) is 53.8 Å². The van der Waals surface area contributed by atoms with E-state index in [-0.39, 0.29) is 23.8 Å². The van der Waals surface area contributed by atoms with Gasteiger partial charge in [-0.25, -0.2) is 4.79 Å². The van der Waals surface area contributed by atoms with E-state index in [0.29, 0.717) is 43.3 Å². The molecule has 1 aliphatic heterocycles. The van der Waals surface area contributed by atoms with Crippen LogP contribution < -0.4 is 10.6 Å². The molecule has 2 unspecified atom stereocenters. The standard InChI is InChI=1S/C24H28N4O3/c1-16-5-3-7-19(13-16)26-24(31)28-11-9-27(10-12-28)23(30)18-6-4-8-20(15-18)25-22(29)21-14-17(21)2/h3-8,13,15,17,21H,9-12,14H2,1-2H3,(H,25,29)(H,26,31). The molecule has 2 atom stereocenters. The molecule has 4 amide bonds. The summed E-state index contributed by atoms with van der Waals surface area (Å²) in [5.74, 6) is 0.447. The summed E-state index contributed by atoms with van der Waals surface area (Å²) in [7, 11) is 0. The minimum atomic E-state index is -0.156. The van der Waals surface area contributed by atoms with Gasteiger partial charge < -0.3 is 20.4 Å². The predicted octanol–water partition coefficient (Wildman–Crippen LogP) is 3.58. The number of piperazine rings is 1. The quantitative estimate of drug-likeness (QED) is 0.793. The Bertz CT molecular complexity index is 998. The Hall–Kier alpha value is -3.35. The largest absolute Gasteiger partial charge is 0.335 e. The van der Waals surface area contributed by atoms with Crippen molar-refractivity contribution in [2.75, 3.05) is 36.8 Å². The Morgan fingerprint density at radius 3 is 2.13 bits per heavy atom. The smallest absolute Gasteiger partial charge is 0.321 e. The molecule has 4 rings (SSSR count). The molecule has 2 N–H and O–H groups in total. The molecule has 2 fully saturated rings. The summed E-state index contributed by atoms with van der Waals surface area (Å²) in [6, 6.07) is 14.6. The number of anilines is 2. The van der Waals surface area contributed by atoms with E-state index in [0.717, 1.165) is 17.7 Å². The molecule has 1 heterocycles. The summed E-state index contributed by atoms with van der Waals surface area (Å²) >= 11 is 0. The van der Waals surface area contributed by atoms with Gasteiger partial charge in [-0.2, -0.15) is 0 Å². The van der Waals surface area contributed by atoms with Crippen molar-refractivity contribution in [1.29, 1.82) is 0 Å². The summed E-state index contributed by atoms with van der Waals surface area (Å²) in [4.78, 5) is 41.1. The average molecular weight is 421 g/mol. The number of carbonyl (C=O) groups excluding carboxylic acids is 3. The second kappa shape index (κ2) is 8.79. The maximum absolute atomic E-state index is 12.9. The number of hydrogen-bond acceptors (Lipinski definition) is 3. The van der Waals surface area contributed by atoms with Crippen LogP contribution in [0.15, 0.2) is 48.5 Å². The van der Waals surface area contributed by atoms with Crippen LogP contribution in [0.3, 0.4) is 0 Å². The van der Waals surface area contributed by atoms with Gasteiger partial charge in [-0.3, -0.25) is 9.59 Å². The zero-order valence-corrected chi connectivity index (χ0v) is 17.9. The van der Waals surface area contributed by atoms with Crippen molar-refractivity contribution < 1.29 is 14.4 Å². The van der Waals surface area contributed by atoms with Gasteiger partial charge in [0, 0.05) is 49.0 Å². The first-order chi connectivity index (χ1) is 14.9. The molecule has 162 valence electrons. The Kier molecular flexibility index (Phi) is 5.93. The zero-order chi connectivity index (χ0) is 22.0. The van der Waals surface area contributed by atoms with E-state index in [9.17, 15) is 14.4 Å². The summed E-state index contributed by atoms with van der Waals surface area (Å²) in [6.07, 6.45) is 0.923. The summed E-state index contributed by atoms with van der Waals surface area (Å²) in [5, 5.41) is 5.83. The molecule has 1 saturated heterocycles. The summed E-state index contributed by atoms with van der Waals surface area (Å²) in [6.45, 7) is 5.92. The lowest BCUT2D eigenvalue weighted by molar-refractivity contribution is -0.117. The number of urea groups is 1. The van der Waals surface area contributed by atoms with Crippen LogP contribution in [0, 0.1) is 18.8 Å². The van der Waals surface area contributed by atoms with Crippen LogP contribution in [0.4, 0.5) is 16.2 Å². The molecule has 2 aromatic carbocycles. The second-order valence-electron chi connectivity index (χ2n) is 8.47. The molecule has 0 aromatic heterocycles. The number of nitrogens with one attached hydrogen (secondary N) is 2. The number of aryl methyl sites for hydroxylation is 1. The van der Waals surface area contributed by atoms with E-state index in [1.165, 1.54) is 0 Å². The molecular formula is C24H28N4O3. The van der Waals surface area contributed by atoms with E-state index >= 15 is 0 Å². The first-order valence-electron chi connectivity index (χ1n) is 10.7. The molecule has 7 heteroatoms. The number of hydrogen-bond donors (Lipinski definition) is 2. The lowest BCUT2D eigenvalue weighted by atomic mass is 10.1. The number of carbonyl (C=O) groups is 3. The highest BCUT2D eigenvalue weighted by atomic mass is 16.2. The fourth-order valence-corrected chi connectivity index (χ4v) is 3.87. The highest BCUT2D eigenvalue weighted by molar-refractivity contribution is 5.98. The molecule has 0 bridgehead atoms. The third-order valence-corrected chi connectivity index (χ3v) is 5.95. The second-order valence-corrected chi connectivity index (χ2v) is 8.47. The first kappa shape index (κ1) is 20.9. The third kappa shape index (κ3) is 5.05. The fraction of sp³-hybridized carbons (Fsp3) is 0.375. The van der Waals surface area contributed by atoms with Gasteiger partial charge in [0.05, 0.1) is 0 Å². The summed E-state index contributed by atoms with van der Waals surface area (Å²) in [5.41, 5.74) is 3.03. The highest BCUT2D eigenvalue weighted by Gasteiger charge is 2.39. The molecule has 0 radical (unpaired) electrons. The van der Waals surface area contributed by atoms with Gasteiger partial charge in [0.2, 0.25) is 5.91 Å². The van der Waals surface area contributed by atoms with Crippen LogP contribution in [0.1, 0.15) is 29.3 Å². The minimum absolute atomic E-state index is 0.0188. The zero-order valence-electron chi connectivity index (χ0n) is 17.9. The number of benzene rings is 2. The van der Waals surface area contributed by atoms with Crippen molar-refractivity contribution in [3.8, 4) is 0 Å². The van der Waals surface area contributed by atoms with Crippen molar-refractivity contribution in [3.63, 3.8) is 0 Å². The number of rotatable bonds is 4. The third-order valence-electron chi connectivity index (χ3n) is 5.95. The summed E-state index contributed by atoms with van der Waals surface area (Å²) < 4.78 is 0. The van der Waals surface area contributed by atoms with Crippen LogP contribution in [-0.2, 0) is 4.79 Å². The molecule has 31 heavy (non-hydrogen) atoms. The minimum Gasteiger partial charge on any atom is -0.335 e. The van der Waals surface area contributed by atoms with Gasteiger partial charge in [0.25, 0.3) is 5.91 Å². The topological polar surface area (TPSA) is 81.8 Å². The van der Waals surface area contributed by atoms with Gasteiger partial charge in [-0.15, -0.1) is 0 Å². The van der Waals surface area contributed by atoms with Crippen molar-refractivity contribution in [3.05, 3.63) is 59.7 Å². The molecule has 2 aliphatic rings. The first-order valence-corrected chi connectivity index (χ1v) is 10.7. The Balaban J connectivity index is 1.31. The van der Waals surface area contributed by atoms with Gasteiger partial charge in [-0.1, -0.05) is 25.1 Å². The van der Waals surface area contributed by atoms with E-state index in [4.69, 9.17) is 0 Å². The molecule has 7 nitrogen and oxygen atoms in total. The van der Waals surface area contributed by atoms with Crippen LogP contribution in [0.2, 0.25) is 0 Å². The van der Waals surface area contributed by atoms with E-state index in [1.807, 2.05) is 31.2 Å². The molecule has 1 saturated carbocycles. The van der Waals surface area contributed by atoms with Gasteiger partial charge in [-0.05, 0) is 55.2 Å². The van der Waals surface area contributed by atoms with E-state index in [1.54, 1.807) is 34.1 Å². The lowest BCUT2D eigenvalue weighted by Gasteiger charge is -2.34. The van der Waals surface area contributed by atoms with Gasteiger partial charge in [0.1, 0.15) is 0 Å². The van der Waals surface area contributed by atoms with E-state index < -0.39 is 0 Å². The van der Waals surface area contributed by atoms with Gasteiger partial charge in [0.15, 0.2) is 0 Å². The number of nitrogens with zero attached hydrogens (tertiary/aromatic N) is 2. The average Bonchev–Trinajstić information content (AvgIpc) is 3.50. The molecule has 0 spiro atoms. The molecular weight excluding hydrogens is 392 g/mol. The Labute approximate surface area is 182 Å². The van der Waals surface area contributed by atoms with Crippen molar-refractivity contribution in [2.24, 2.45) is 11.8 Å². The van der Waals surface area contributed by atoms with Crippen LogP contribution in [0.25, 0.3) is 0 Å². The van der Waals surface area contributed by atoms with Crippen LogP contribution in [0.5, 0.6) is 0 Å². The highest BCUT2D eigenvalue weighted by Crippen LogP contribution is 2.38. The molecule has 2 aromatic rings. The SMILES string of the molecule is Cc1cccc(NC(=O)N2CCN(C(=O)c3cccc(NC(=O)C4CC4C)c3)CC2)c1. The van der Waals surface area contributed by atoms with Crippen molar-refractivity contribution in [2.45, 2.75) is 20.3 Å². The molecule has 1 aliphatic carbocycles. The van der Waals surface area contributed by atoms with Crippen molar-refractivity contribution >= 4 is 29.2 Å². The fourth-order valence-electron chi connectivity index (χ4n) is 3.87. The lowest BCUT2D eigenvalue weighted by Crippen LogP contribution is -2.51.